The van der Waals surface area contributed by atoms with E-state index in [1.54, 1.807) is 17.0 Å². The van der Waals surface area contributed by atoms with E-state index in [1.807, 2.05) is 6.92 Å². The van der Waals surface area contributed by atoms with Crippen molar-refractivity contribution in [3.05, 3.63) is 30.1 Å². The molecule has 0 bridgehead atoms. The molecule has 1 aromatic rings. The van der Waals surface area contributed by atoms with Gasteiger partial charge < -0.3 is 15.4 Å². The number of nitrogens with zero attached hydrogens (tertiary/aromatic N) is 1. The van der Waals surface area contributed by atoms with E-state index in [0.29, 0.717) is 38.4 Å². The van der Waals surface area contributed by atoms with E-state index >= 15 is 0 Å². The van der Waals surface area contributed by atoms with Crippen molar-refractivity contribution in [2.75, 3.05) is 31.2 Å². The molecule has 0 spiro atoms. The predicted molar refractivity (Wildman–Crippen MR) is 73.5 cm³/mol. The summed E-state index contributed by atoms with van der Waals surface area (Å²) < 4.78 is 18.4. The van der Waals surface area contributed by atoms with Crippen molar-refractivity contribution in [1.29, 1.82) is 0 Å². The fourth-order valence-electron chi connectivity index (χ4n) is 1.73. The quantitative estimate of drug-likeness (QED) is 0.733. The fourth-order valence-corrected chi connectivity index (χ4v) is 1.73. The maximum absolute atomic E-state index is 13.2. The van der Waals surface area contributed by atoms with Crippen LogP contribution in [-0.4, -0.2) is 32.2 Å². The number of carbonyl (C=O) groups excluding carboxylic acids is 1. The highest BCUT2D eigenvalue weighted by molar-refractivity contribution is 5.93. The Morgan fingerprint density at radius 2 is 2.26 bits per heavy atom. The van der Waals surface area contributed by atoms with Crippen LogP contribution < -0.4 is 10.6 Å². The molecule has 0 saturated carbocycles. The average molecular weight is 268 g/mol. The van der Waals surface area contributed by atoms with Crippen LogP contribution in [0.3, 0.4) is 0 Å². The van der Waals surface area contributed by atoms with E-state index in [4.69, 9.17) is 10.5 Å². The first-order chi connectivity index (χ1) is 9.19. The normalized spacial score (nSPS) is 10.5. The van der Waals surface area contributed by atoms with Crippen LogP contribution in [0.25, 0.3) is 0 Å². The van der Waals surface area contributed by atoms with Crippen LogP contribution >= 0.6 is 0 Å². The van der Waals surface area contributed by atoms with Crippen LogP contribution in [0, 0.1) is 5.82 Å². The molecular formula is C14H21FN2O2. The van der Waals surface area contributed by atoms with Crippen molar-refractivity contribution >= 4 is 11.6 Å². The number of benzene rings is 1. The minimum atomic E-state index is -0.354. The smallest absolute Gasteiger partial charge is 0.229 e. The van der Waals surface area contributed by atoms with E-state index in [1.165, 1.54) is 12.1 Å². The molecule has 0 radical (unpaired) electrons. The standard InChI is InChI=1S/C14H21FN2O2/c1-2-19-10-7-14(18)17(9-4-8-16)13-6-3-5-12(15)11-13/h3,5-6,11H,2,4,7-10,16H2,1H3. The summed E-state index contributed by atoms with van der Waals surface area (Å²) in [6, 6.07) is 6.03. The Morgan fingerprint density at radius 1 is 1.47 bits per heavy atom. The number of halogens is 1. The van der Waals surface area contributed by atoms with Gasteiger partial charge in [0.2, 0.25) is 5.91 Å². The second kappa shape index (κ2) is 8.61. The Bertz CT molecular complexity index is 399. The molecule has 0 unspecified atom stereocenters. The number of hydrogen-bond donors (Lipinski definition) is 1. The van der Waals surface area contributed by atoms with Crippen molar-refractivity contribution in [1.82, 2.24) is 0 Å². The molecule has 19 heavy (non-hydrogen) atoms. The third kappa shape index (κ3) is 5.36. The molecule has 1 rings (SSSR count). The molecule has 0 atom stereocenters. The van der Waals surface area contributed by atoms with E-state index in [9.17, 15) is 9.18 Å². The summed E-state index contributed by atoms with van der Waals surface area (Å²) in [5.41, 5.74) is 6.03. The summed E-state index contributed by atoms with van der Waals surface area (Å²) in [6.45, 7) is 3.82. The zero-order valence-corrected chi connectivity index (χ0v) is 11.3. The third-order valence-electron chi connectivity index (χ3n) is 2.67. The first kappa shape index (κ1) is 15.6. The SMILES string of the molecule is CCOCCC(=O)N(CCCN)c1cccc(F)c1. The van der Waals surface area contributed by atoms with Gasteiger partial charge >= 0.3 is 0 Å². The van der Waals surface area contributed by atoms with Gasteiger partial charge in [-0.15, -0.1) is 0 Å². The molecule has 0 aliphatic heterocycles. The molecule has 0 aliphatic rings. The highest BCUT2D eigenvalue weighted by Crippen LogP contribution is 2.17. The highest BCUT2D eigenvalue weighted by atomic mass is 19.1. The Morgan fingerprint density at radius 3 is 2.89 bits per heavy atom. The number of rotatable bonds is 8. The minimum absolute atomic E-state index is 0.0764. The van der Waals surface area contributed by atoms with Gasteiger partial charge in [-0.3, -0.25) is 4.79 Å². The summed E-state index contributed by atoms with van der Waals surface area (Å²) in [7, 11) is 0. The molecule has 1 aromatic carbocycles. The lowest BCUT2D eigenvalue weighted by Crippen LogP contribution is -2.33. The van der Waals surface area contributed by atoms with Crippen LogP contribution in [0.4, 0.5) is 10.1 Å². The zero-order chi connectivity index (χ0) is 14.1. The summed E-state index contributed by atoms with van der Waals surface area (Å²) >= 11 is 0. The molecule has 4 nitrogen and oxygen atoms in total. The second-order valence-electron chi connectivity index (χ2n) is 4.11. The van der Waals surface area contributed by atoms with Gasteiger partial charge in [-0.1, -0.05) is 6.07 Å². The Hall–Kier alpha value is -1.46. The maximum atomic E-state index is 13.2. The lowest BCUT2D eigenvalue weighted by atomic mass is 10.2. The molecule has 1 amide bonds. The van der Waals surface area contributed by atoms with Crippen LogP contribution in [0.5, 0.6) is 0 Å². The number of hydrogen-bond acceptors (Lipinski definition) is 3. The van der Waals surface area contributed by atoms with Gasteiger partial charge in [-0.2, -0.15) is 0 Å². The van der Waals surface area contributed by atoms with Crippen molar-refractivity contribution < 1.29 is 13.9 Å². The third-order valence-corrected chi connectivity index (χ3v) is 2.67. The minimum Gasteiger partial charge on any atom is -0.381 e. The van der Waals surface area contributed by atoms with Gasteiger partial charge in [0, 0.05) is 18.8 Å². The topological polar surface area (TPSA) is 55.6 Å². The summed E-state index contributed by atoms with van der Waals surface area (Å²) in [4.78, 5) is 13.7. The first-order valence-corrected chi connectivity index (χ1v) is 6.52. The van der Waals surface area contributed by atoms with Crippen molar-refractivity contribution in [3.8, 4) is 0 Å². The predicted octanol–water partition coefficient (Wildman–Crippen LogP) is 1.93. The first-order valence-electron chi connectivity index (χ1n) is 6.52. The number of nitrogens with two attached hydrogens (primary N) is 1. The molecule has 106 valence electrons. The van der Waals surface area contributed by atoms with Gasteiger partial charge in [0.15, 0.2) is 0 Å². The maximum Gasteiger partial charge on any atom is 0.229 e. The lowest BCUT2D eigenvalue weighted by Gasteiger charge is -2.22. The van der Waals surface area contributed by atoms with Gasteiger partial charge in [-0.25, -0.2) is 4.39 Å². The van der Waals surface area contributed by atoms with Gasteiger partial charge in [0.1, 0.15) is 5.82 Å². The Labute approximate surface area is 113 Å². The molecule has 0 aromatic heterocycles. The highest BCUT2D eigenvalue weighted by Gasteiger charge is 2.15. The molecule has 0 fully saturated rings. The van der Waals surface area contributed by atoms with Gasteiger partial charge in [0.05, 0.1) is 13.0 Å². The average Bonchev–Trinajstić information content (AvgIpc) is 2.39. The molecule has 5 heteroatoms. The molecule has 2 N–H and O–H groups in total. The lowest BCUT2D eigenvalue weighted by molar-refractivity contribution is -0.119. The van der Waals surface area contributed by atoms with E-state index in [-0.39, 0.29) is 18.1 Å². The summed E-state index contributed by atoms with van der Waals surface area (Å²) in [5, 5.41) is 0. The monoisotopic (exact) mass is 268 g/mol. The summed E-state index contributed by atoms with van der Waals surface area (Å²) in [5.74, 6) is -0.430. The number of anilines is 1. The largest absolute Gasteiger partial charge is 0.381 e. The summed E-state index contributed by atoms with van der Waals surface area (Å²) in [6.07, 6.45) is 0.964. The van der Waals surface area contributed by atoms with Gasteiger partial charge in [-0.05, 0) is 38.1 Å². The van der Waals surface area contributed by atoms with Crippen LogP contribution in [0.2, 0.25) is 0 Å². The fraction of sp³-hybridized carbons (Fsp3) is 0.500. The van der Waals surface area contributed by atoms with Gasteiger partial charge in [0.25, 0.3) is 0 Å². The van der Waals surface area contributed by atoms with E-state index in [2.05, 4.69) is 0 Å². The molecular weight excluding hydrogens is 247 g/mol. The van der Waals surface area contributed by atoms with E-state index in [0.717, 1.165) is 0 Å². The van der Waals surface area contributed by atoms with Crippen LogP contribution in [0.15, 0.2) is 24.3 Å². The molecule has 0 aliphatic carbocycles. The Balaban J connectivity index is 2.73. The van der Waals surface area contributed by atoms with Crippen molar-refractivity contribution in [2.45, 2.75) is 19.8 Å². The molecule has 0 heterocycles. The molecule has 0 saturated heterocycles. The number of amides is 1. The number of carbonyl (C=O) groups is 1. The number of ether oxygens (including phenoxy) is 1. The van der Waals surface area contributed by atoms with Crippen molar-refractivity contribution in [2.24, 2.45) is 5.73 Å². The Kier molecular flexibility index (Phi) is 7.07. The van der Waals surface area contributed by atoms with Crippen LogP contribution in [-0.2, 0) is 9.53 Å². The van der Waals surface area contributed by atoms with Crippen LogP contribution in [0.1, 0.15) is 19.8 Å². The van der Waals surface area contributed by atoms with E-state index < -0.39 is 0 Å². The van der Waals surface area contributed by atoms with Crippen molar-refractivity contribution in [3.63, 3.8) is 0 Å². The zero-order valence-electron chi connectivity index (χ0n) is 11.3. The second-order valence-corrected chi connectivity index (χ2v) is 4.11.